The summed E-state index contributed by atoms with van der Waals surface area (Å²) < 4.78 is 0. The van der Waals surface area contributed by atoms with Crippen LogP contribution in [0.5, 0.6) is 0 Å². The van der Waals surface area contributed by atoms with Gasteiger partial charge in [0.25, 0.3) is 0 Å². The van der Waals surface area contributed by atoms with Gasteiger partial charge in [0.05, 0.1) is 0 Å². The number of rotatable bonds is 5. The Morgan fingerprint density at radius 1 is 1.16 bits per heavy atom. The second kappa shape index (κ2) is 7.63. The first-order chi connectivity index (χ1) is 12.0. The lowest BCUT2D eigenvalue weighted by atomic mass is 9.91. The van der Waals surface area contributed by atoms with Crippen LogP contribution in [-0.4, -0.2) is 39.0 Å². The van der Waals surface area contributed by atoms with Gasteiger partial charge >= 0.3 is 0 Å². The molecule has 2 aromatic heterocycles. The summed E-state index contributed by atoms with van der Waals surface area (Å²) in [7, 11) is 0. The third kappa shape index (κ3) is 4.55. The molecule has 0 spiro atoms. The molecule has 1 saturated carbocycles. The molecule has 0 radical (unpaired) electrons. The summed E-state index contributed by atoms with van der Waals surface area (Å²) in [6, 6.07) is 2.83. The molecule has 2 aromatic rings. The molecule has 3 N–H and O–H groups in total. The Kier molecular flexibility index (Phi) is 5.31. The first-order valence-corrected chi connectivity index (χ1v) is 8.93. The van der Waals surface area contributed by atoms with Gasteiger partial charge < -0.3 is 16.0 Å². The van der Waals surface area contributed by atoms with E-state index in [4.69, 9.17) is 0 Å². The molecule has 1 amide bonds. The molecule has 0 unspecified atom stereocenters. The van der Waals surface area contributed by atoms with E-state index in [1.807, 2.05) is 12.3 Å². The molecule has 7 heteroatoms. The van der Waals surface area contributed by atoms with Crippen LogP contribution in [0.2, 0.25) is 0 Å². The second-order valence-corrected chi connectivity index (χ2v) is 6.98. The van der Waals surface area contributed by atoms with E-state index >= 15 is 0 Å². The first-order valence-electron chi connectivity index (χ1n) is 8.93. The van der Waals surface area contributed by atoms with E-state index in [1.54, 1.807) is 13.1 Å². The fourth-order valence-corrected chi connectivity index (χ4v) is 3.26. The molecule has 134 valence electrons. The second-order valence-electron chi connectivity index (χ2n) is 6.98. The summed E-state index contributed by atoms with van der Waals surface area (Å²) in [6.07, 6.45) is 7.56. The van der Waals surface area contributed by atoms with Crippen molar-refractivity contribution in [2.75, 3.05) is 10.6 Å². The van der Waals surface area contributed by atoms with Crippen molar-refractivity contribution in [2.45, 2.75) is 64.6 Å². The maximum atomic E-state index is 11.2. The van der Waals surface area contributed by atoms with Gasteiger partial charge in [0.1, 0.15) is 5.52 Å². The summed E-state index contributed by atoms with van der Waals surface area (Å²) in [5, 5.41) is 10.7. The smallest absolute Gasteiger partial charge is 0.223 e. The number of carbonyl (C=O) groups excluding carboxylic acids is 1. The zero-order chi connectivity index (χ0) is 17.8. The zero-order valence-electron chi connectivity index (χ0n) is 15.0. The predicted molar refractivity (Wildman–Crippen MR) is 99.6 cm³/mol. The van der Waals surface area contributed by atoms with Crippen LogP contribution in [0, 0.1) is 0 Å². The van der Waals surface area contributed by atoms with Crippen LogP contribution in [0.25, 0.3) is 10.9 Å². The number of hydrogen-bond donors (Lipinski definition) is 3. The molecule has 25 heavy (non-hydrogen) atoms. The van der Waals surface area contributed by atoms with Gasteiger partial charge in [0.15, 0.2) is 5.82 Å². The lowest BCUT2D eigenvalue weighted by Crippen LogP contribution is -2.39. The summed E-state index contributed by atoms with van der Waals surface area (Å²) in [5.74, 6) is 1.47. The van der Waals surface area contributed by atoms with Crippen LogP contribution in [0.4, 0.5) is 11.8 Å². The lowest BCUT2D eigenvalue weighted by molar-refractivity contribution is -0.119. The highest BCUT2D eigenvalue weighted by Crippen LogP contribution is 2.23. The zero-order valence-corrected chi connectivity index (χ0v) is 15.0. The average molecular weight is 342 g/mol. The highest BCUT2D eigenvalue weighted by Gasteiger charge is 2.22. The number of anilines is 2. The number of nitrogens with one attached hydrogen (secondary N) is 3. The topological polar surface area (TPSA) is 91.8 Å². The van der Waals surface area contributed by atoms with Gasteiger partial charge in [-0.05, 0) is 45.6 Å². The lowest BCUT2D eigenvalue weighted by Gasteiger charge is -2.29. The number of hydrogen-bond acceptors (Lipinski definition) is 6. The predicted octanol–water partition coefficient (Wildman–Crippen LogP) is 2.70. The average Bonchev–Trinajstić information content (AvgIpc) is 2.56. The molecule has 7 nitrogen and oxygen atoms in total. The molecule has 0 atom stereocenters. The molecule has 0 aromatic carbocycles. The van der Waals surface area contributed by atoms with E-state index < -0.39 is 0 Å². The normalized spacial score (nSPS) is 20.5. The quantitative estimate of drug-likeness (QED) is 0.774. The largest absolute Gasteiger partial charge is 0.366 e. The summed E-state index contributed by atoms with van der Waals surface area (Å²) in [4.78, 5) is 24.7. The van der Waals surface area contributed by atoms with E-state index in [1.165, 1.54) is 0 Å². The summed E-state index contributed by atoms with van der Waals surface area (Å²) in [6.45, 7) is 5.73. The monoisotopic (exact) mass is 342 g/mol. The Morgan fingerprint density at radius 3 is 2.56 bits per heavy atom. The van der Waals surface area contributed by atoms with Crippen LogP contribution < -0.4 is 16.0 Å². The standard InChI is InChI=1S/C18H26N6O/c1-11(2)21-17-16-13(8-9-19-17)10-20-18(24-16)23-15-6-4-14(5-7-15)22-12(3)25/h8-11,14-15H,4-7H2,1-3H3,(H,19,21)(H,22,25)(H,20,23,24). The maximum Gasteiger partial charge on any atom is 0.223 e. The van der Waals surface area contributed by atoms with Crippen molar-refractivity contribution in [2.24, 2.45) is 0 Å². The Labute approximate surface area is 148 Å². The van der Waals surface area contributed by atoms with Crippen molar-refractivity contribution in [3.05, 3.63) is 18.5 Å². The van der Waals surface area contributed by atoms with Crippen LogP contribution in [0.3, 0.4) is 0 Å². The third-order valence-corrected chi connectivity index (χ3v) is 4.39. The number of fused-ring (bicyclic) bond motifs is 1. The molecular formula is C18H26N6O. The fraction of sp³-hybridized carbons (Fsp3) is 0.556. The summed E-state index contributed by atoms with van der Waals surface area (Å²) >= 11 is 0. The maximum absolute atomic E-state index is 11.2. The van der Waals surface area contributed by atoms with Crippen molar-refractivity contribution in [1.82, 2.24) is 20.3 Å². The number of pyridine rings is 1. The van der Waals surface area contributed by atoms with Gasteiger partial charge in [0.2, 0.25) is 11.9 Å². The fourth-order valence-electron chi connectivity index (χ4n) is 3.26. The number of nitrogens with zero attached hydrogens (tertiary/aromatic N) is 3. The molecule has 0 bridgehead atoms. The molecule has 1 aliphatic rings. The number of carbonyl (C=O) groups is 1. The molecule has 0 aliphatic heterocycles. The Balaban J connectivity index is 1.69. The summed E-state index contributed by atoms with van der Waals surface area (Å²) in [5.41, 5.74) is 0.834. The van der Waals surface area contributed by atoms with Crippen molar-refractivity contribution in [3.63, 3.8) is 0 Å². The minimum atomic E-state index is 0.0481. The minimum absolute atomic E-state index is 0.0481. The van der Waals surface area contributed by atoms with Crippen LogP contribution in [0.1, 0.15) is 46.5 Å². The molecule has 1 fully saturated rings. The van der Waals surface area contributed by atoms with Crippen molar-refractivity contribution < 1.29 is 4.79 Å². The molecular weight excluding hydrogens is 316 g/mol. The van der Waals surface area contributed by atoms with E-state index in [0.29, 0.717) is 18.0 Å². The highest BCUT2D eigenvalue weighted by atomic mass is 16.1. The number of aromatic nitrogens is 3. The van der Waals surface area contributed by atoms with E-state index in [2.05, 4.69) is 44.7 Å². The number of amides is 1. The van der Waals surface area contributed by atoms with Crippen molar-refractivity contribution in [3.8, 4) is 0 Å². The van der Waals surface area contributed by atoms with Gasteiger partial charge in [-0.15, -0.1) is 0 Å². The van der Waals surface area contributed by atoms with Gasteiger partial charge in [-0.25, -0.2) is 15.0 Å². The Morgan fingerprint density at radius 2 is 1.88 bits per heavy atom. The third-order valence-electron chi connectivity index (χ3n) is 4.39. The van der Waals surface area contributed by atoms with Gasteiger partial charge in [-0.2, -0.15) is 0 Å². The van der Waals surface area contributed by atoms with Gasteiger partial charge in [-0.3, -0.25) is 4.79 Å². The SMILES string of the molecule is CC(=O)NC1CCC(Nc2ncc3ccnc(NC(C)C)c3n2)CC1. The van der Waals surface area contributed by atoms with Gasteiger partial charge in [-0.1, -0.05) is 0 Å². The van der Waals surface area contributed by atoms with E-state index in [9.17, 15) is 4.79 Å². The van der Waals surface area contributed by atoms with E-state index in [0.717, 1.165) is 42.4 Å². The highest BCUT2D eigenvalue weighted by molar-refractivity contribution is 5.88. The van der Waals surface area contributed by atoms with Crippen LogP contribution in [0.15, 0.2) is 18.5 Å². The first kappa shape index (κ1) is 17.4. The van der Waals surface area contributed by atoms with E-state index in [-0.39, 0.29) is 11.9 Å². The molecule has 1 aliphatic carbocycles. The molecule has 2 heterocycles. The van der Waals surface area contributed by atoms with Crippen LogP contribution >= 0.6 is 0 Å². The molecule has 0 saturated heterocycles. The van der Waals surface area contributed by atoms with Crippen molar-refractivity contribution in [1.29, 1.82) is 0 Å². The Hall–Kier alpha value is -2.44. The molecule has 3 rings (SSSR count). The van der Waals surface area contributed by atoms with Crippen LogP contribution in [-0.2, 0) is 4.79 Å². The minimum Gasteiger partial charge on any atom is -0.366 e. The Bertz CT molecular complexity index is 739. The van der Waals surface area contributed by atoms with Gasteiger partial charge in [0, 0.05) is 42.8 Å². The van der Waals surface area contributed by atoms with Crippen molar-refractivity contribution >= 4 is 28.6 Å².